The predicted octanol–water partition coefficient (Wildman–Crippen LogP) is 2.41. The van der Waals surface area contributed by atoms with Crippen LogP contribution < -0.4 is 5.73 Å². The molecule has 0 unspecified atom stereocenters. The Hall–Kier alpha value is -3.00. The number of anilines is 1. The maximum Gasteiger partial charge on any atom is 0.270 e. The zero-order valence-electron chi connectivity index (χ0n) is 14.8. The number of nitrogens with zero attached hydrogens (tertiary/aromatic N) is 3. The number of non-ortho nitro benzene ring substituents is 1. The monoisotopic (exact) mass is 368 g/mol. The average Bonchev–Trinajstić information content (AvgIpc) is 2.65. The van der Waals surface area contributed by atoms with E-state index in [0.717, 1.165) is 25.9 Å². The molecule has 0 aliphatic carbocycles. The van der Waals surface area contributed by atoms with Crippen molar-refractivity contribution < 1.29 is 14.5 Å². The van der Waals surface area contributed by atoms with Crippen LogP contribution in [0, 0.1) is 10.1 Å². The van der Waals surface area contributed by atoms with Gasteiger partial charge in [0.2, 0.25) is 0 Å². The van der Waals surface area contributed by atoms with Crippen LogP contribution in [0.1, 0.15) is 40.0 Å². The van der Waals surface area contributed by atoms with Crippen LogP contribution in [0.3, 0.4) is 0 Å². The first-order chi connectivity index (χ1) is 13.0. The number of piperidine rings is 1. The van der Waals surface area contributed by atoms with Crippen molar-refractivity contribution in [3.63, 3.8) is 0 Å². The van der Waals surface area contributed by atoms with Gasteiger partial charge in [0.25, 0.3) is 17.5 Å². The van der Waals surface area contributed by atoms with E-state index in [1.165, 1.54) is 23.5 Å². The summed E-state index contributed by atoms with van der Waals surface area (Å²) in [6.07, 6.45) is 3.44. The van der Waals surface area contributed by atoms with Gasteiger partial charge in [0.1, 0.15) is 0 Å². The molecule has 2 aromatic rings. The molecule has 2 amide bonds. The molecule has 1 saturated heterocycles. The molecule has 0 aromatic heterocycles. The minimum absolute atomic E-state index is 0.187. The number of amides is 2. The molecule has 0 atom stereocenters. The lowest BCUT2D eigenvalue weighted by atomic mass is 9.92. The number of nitrogens with two attached hydrogens (primary N) is 1. The molecule has 2 aliphatic heterocycles. The topological polar surface area (TPSA) is 110 Å². The van der Waals surface area contributed by atoms with Gasteiger partial charge in [-0.25, -0.2) is 0 Å². The van der Waals surface area contributed by atoms with Gasteiger partial charge in [0, 0.05) is 36.3 Å². The number of hydrogen-bond donors (Lipinski definition) is 1. The second-order valence-electron chi connectivity index (χ2n) is 7.08. The lowest BCUT2D eigenvalue weighted by molar-refractivity contribution is -0.384. The van der Waals surface area contributed by atoms with Crippen molar-refractivity contribution in [1.29, 1.82) is 0 Å². The Morgan fingerprint density at radius 2 is 1.63 bits per heavy atom. The number of carbonyl (C=O) groups excluding carboxylic acids is 2. The molecule has 1 fully saturated rings. The molecule has 140 valence electrons. The third kappa shape index (κ3) is 3.02. The molecule has 8 nitrogen and oxygen atoms in total. The standard InChI is InChI=1S/C19H20N4O4/c20-13-8-12-9-14(23(26)27)11-16-17(12)15(10-13)18(24)22(19(16)25)7-6-21-4-2-1-3-5-21/h8-11H,1-7,20H2. The molecule has 2 aromatic carbocycles. The first-order valence-corrected chi connectivity index (χ1v) is 9.06. The van der Waals surface area contributed by atoms with Crippen LogP contribution in [0.15, 0.2) is 24.3 Å². The first kappa shape index (κ1) is 17.4. The van der Waals surface area contributed by atoms with E-state index in [9.17, 15) is 19.7 Å². The highest BCUT2D eigenvalue weighted by molar-refractivity contribution is 6.26. The van der Waals surface area contributed by atoms with Gasteiger partial charge in [-0.1, -0.05) is 6.42 Å². The Morgan fingerprint density at radius 3 is 2.30 bits per heavy atom. The van der Waals surface area contributed by atoms with E-state index in [0.29, 0.717) is 28.6 Å². The number of nitro benzene ring substituents is 1. The van der Waals surface area contributed by atoms with Crippen LogP contribution in [0.4, 0.5) is 11.4 Å². The van der Waals surface area contributed by atoms with Crippen LogP contribution in [-0.2, 0) is 0 Å². The van der Waals surface area contributed by atoms with E-state index in [1.807, 2.05) is 0 Å². The van der Waals surface area contributed by atoms with Gasteiger partial charge in [0.05, 0.1) is 16.1 Å². The molecule has 2 N–H and O–H groups in total. The highest BCUT2D eigenvalue weighted by Gasteiger charge is 2.34. The molecule has 0 saturated carbocycles. The highest BCUT2D eigenvalue weighted by Crippen LogP contribution is 2.35. The van der Waals surface area contributed by atoms with Crippen molar-refractivity contribution in [3.8, 4) is 0 Å². The van der Waals surface area contributed by atoms with Crippen LogP contribution in [0.25, 0.3) is 10.8 Å². The minimum atomic E-state index is -0.541. The van der Waals surface area contributed by atoms with Crippen LogP contribution in [-0.4, -0.2) is 52.7 Å². The second kappa shape index (κ2) is 6.62. The largest absolute Gasteiger partial charge is 0.399 e. The maximum absolute atomic E-state index is 13.0. The molecule has 0 radical (unpaired) electrons. The number of benzene rings is 2. The zero-order chi connectivity index (χ0) is 19.1. The van der Waals surface area contributed by atoms with Crippen LogP contribution >= 0.6 is 0 Å². The molecule has 8 heteroatoms. The normalized spacial score (nSPS) is 17.6. The van der Waals surface area contributed by atoms with Crippen molar-refractivity contribution in [2.24, 2.45) is 0 Å². The number of hydrogen-bond acceptors (Lipinski definition) is 6. The lowest BCUT2D eigenvalue weighted by Gasteiger charge is -2.31. The van der Waals surface area contributed by atoms with E-state index in [4.69, 9.17) is 5.73 Å². The fraction of sp³-hybridized carbons (Fsp3) is 0.368. The summed E-state index contributed by atoms with van der Waals surface area (Å²) in [5.41, 5.74) is 6.56. The third-order valence-electron chi connectivity index (χ3n) is 5.31. The summed E-state index contributed by atoms with van der Waals surface area (Å²) in [5, 5.41) is 12.1. The smallest absolute Gasteiger partial charge is 0.270 e. The molecule has 4 rings (SSSR count). The summed E-state index contributed by atoms with van der Waals surface area (Å²) in [7, 11) is 0. The number of rotatable bonds is 4. The quantitative estimate of drug-likeness (QED) is 0.384. The number of nitrogen functional groups attached to an aromatic ring is 1. The Morgan fingerprint density at radius 1 is 0.963 bits per heavy atom. The molecular formula is C19H20N4O4. The molecule has 27 heavy (non-hydrogen) atoms. The van der Waals surface area contributed by atoms with Crippen LogP contribution in [0.2, 0.25) is 0 Å². The fourth-order valence-electron chi connectivity index (χ4n) is 3.98. The molecule has 2 heterocycles. The van der Waals surface area contributed by atoms with Crippen molar-refractivity contribution in [1.82, 2.24) is 9.80 Å². The molecular weight excluding hydrogens is 348 g/mol. The van der Waals surface area contributed by atoms with Gasteiger partial charge in [-0.05, 0) is 43.5 Å². The van der Waals surface area contributed by atoms with Gasteiger partial charge in [-0.2, -0.15) is 0 Å². The van der Waals surface area contributed by atoms with Gasteiger partial charge < -0.3 is 10.6 Å². The summed E-state index contributed by atoms with van der Waals surface area (Å²) >= 11 is 0. The Labute approximate surface area is 155 Å². The van der Waals surface area contributed by atoms with Gasteiger partial charge in [-0.3, -0.25) is 24.6 Å². The summed E-state index contributed by atoms with van der Waals surface area (Å²) in [6, 6.07) is 5.70. The van der Waals surface area contributed by atoms with Gasteiger partial charge in [0.15, 0.2) is 0 Å². The number of likely N-dealkylation sites (tertiary alicyclic amines) is 1. The lowest BCUT2D eigenvalue weighted by Crippen LogP contribution is -2.45. The van der Waals surface area contributed by atoms with E-state index in [-0.39, 0.29) is 17.8 Å². The summed E-state index contributed by atoms with van der Waals surface area (Å²) < 4.78 is 0. The Balaban J connectivity index is 1.74. The summed E-state index contributed by atoms with van der Waals surface area (Å²) in [5.74, 6) is -0.876. The Bertz CT molecular complexity index is 966. The fourth-order valence-corrected chi connectivity index (χ4v) is 3.98. The van der Waals surface area contributed by atoms with Crippen LogP contribution in [0.5, 0.6) is 0 Å². The second-order valence-corrected chi connectivity index (χ2v) is 7.08. The van der Waals surface area contributed by atoms with Crippen molar-refractivity contribution in [3.05, 3.63) is 45.5 Å². The van der Waals surface area contributed by atoms with E-state index in [2.05, 4.69) is 4.90 Å². The molecule has 0 bridgehead atoms. The highest BCUT2D eigenvalue weighted by atomic mass is 16.6. The first-order valence-electron chi connectivity index (χ1n) is 9.06. The minimum Gasteiger partial charge on any atom is -0.399 e. The molecule has 2 aliphatic rings. The van der Waals surface area contributed by atoms with Gasteiger partial charge in [-0.15, -0.1) is 0 Å². The van der Waals surface area contributed by atoms with Crippen molar-refractivity contribution in [2.75, 3.05) is 31.9 Å². The molecule has 0 spiro atoms. The third-order valence-corrected chi connectivity index (χ3v) is 5.31. The SMILES string of the molecule is Nc1cc2c3c(cc([N+](=O)[O-])cc3c1)C(=O)N(CCN1CCCCC1)C2=O. The summed E-state index contributed by atoms with van der Waals surface area (Å²) in [4.78, 5) is 40.1. The number of imide groups is 1. The van der Waals surface area contributed by atoms with E-state index >= 15 is 0 Å². The van der Waals surface area contributed by atoms with Gasteiger partial charge >= 0.3 is 0 Å². The number of carbonyl (C=O) groups is 2. The van der Waals surface area contributed by atoms with Crippen molar-refractivity contribution in [2.45, 2.75) is 19.3 Å². The van der Waals surface area contributed by atoms with Crippen molar-refractivity contribution >= 4 is 34.0 Å². The zero-order valence-corrected chi connectivity index (χ0v) is 14.8. The van der Waals surface area contributed by atoms with E-state index in [1.54, 1.807) is 12.1 Å². The predicted molar refractivity (Wildman–Crippen MR) is 101 cm³/mol. The Kier molecular flexibility index (Phi) is 4.27. The number of nitro groups is 1. The maximum atomic E-state index is 13.0. The van der Waals surface area contributed by atoms with E-state index < -0.39 is 16.7 Å². The average molecular weight is 368 g/mol. The summed E-state index contributed by atoms with van der Waals surface area (Å²) in [6.45, 7) is 2.78.